The van der Waals surface area contributed by atoms with Crippen LogP contribution in [0.5, 0.6) is 5.75 Å². The summed E-state index contributed by atoms with van der Waals surface area (Å²) < 4.78 is 10.7. The molecule has 36 heavy (non-hydrogen) atoms. The van der Waals surface area contributed by atoms with Crippen LogP contribution in [0.3, 0.4) is 0 Å². The molecule has 2 heterocycles. The lowest BCUT2D eigenvalue weighted by molar-refractivity contribution is -0.116. The van der Waals surface area contributed by atoms with E-state index in [1.54, 1.807) is 13.3 Å². The number of fused-ring (bicyclic) bond motifs is 1. The number of hydrogen-bond donors (Lipinski definition) is 2. The molecule has 1 atom stereocenters. The zero-order valence-corrected chi connectivity index (χ0v) is 20.9. The predicted octanol–water partition coefficient (Wildman–Crippen LogP) is 4.63. The molecule has 0 fully saturated rings. The zero-order chi connectivity index (χ0) is 25.3. The van der Waals surface area contributed by atoms with Crippen molar-refractivity contribution in [2.45, 2.75) is 38.6 Å². The third-order valence-electron chi connectivity index (χ3n) is 6.10. The lowest BCUT2D eigenvalue weighted by atomic mass is 9.88. The molecular weight excluding hydrogens is 476 g/mol. The number of thiophene rings is 1. The molecule has 2 amide bonds. The molecule has 0 bridgehead atoms. The first-order valence-corrected chi connectivity index (χ1v) is 12.6. The number of nitriles is 1. The van der Waals surface area contributed by atoms with Gasteiger partial charge < -0.3 is 20.1 Å². The molecule has 2 aromatic heterocycles. The first-order chi connectivity index (χ1) is 17.6. The van der Waals surface area contributed by atoms with E-state index >= 15 is 0 Å². The number of anilines is 1. The van der Waals surface area contributed by atoms with Crippen LogP contribution < -0.4 is 15.4 Å². The monoisotopic (exact) mass is 504 g/mol. The van der Waals surface area contributed by atoms with Gasteiger partial charge in [0.15, 0.2) is 0 Å². The molecule has 1 aliphatic carbocycles. The van der Waals surface area contributed by atoms with Crippen molar-refractivity contribution in [2.24, 2.45) is 5.92 Å². The highest BCUT2D eigenvalue weighted by Crippen LogP contribution is 2.39. The maximum absolute atomic E-state index is 12.6. The summed E-state index contributed by atoms with van der Waals surface area (Å²) in [5, 5.41) is 16.0. The molecule has 3 aromatic rings. The maximum atomic E-state index is 12.6. The Balaban J connectivity index is 1.28. The molecule has 0 saturated heterocycles. The molecule has 9 heteroatoms. The third kappa shape index (κ3) is 6.61. The minimum absolute atomic E-state index is 0.127. The lowest BCUT2D eigenvalue weighted by Crippen LogP contribution is -2.28. The Bertz CT molecular complexity index is 1250. The molecule has 1 unspecified atom stereocenters. The first kappa shape index (κ1) is 25.2. The van der Waals surface area contributed by atoms with Crippen molar-refractivity contribution in [1.82, 2.24) is 10.3 Å². The van der Waals surface area contributed by atoms with Gasteiger partial charge in [0.1, 0.15) is 16.8 Å². The summed E-state index contributed by atoms with van der Waals surface area (Å²) in [5.41, 5.74) is 3.33. The number of carbonyl (C=O) groups excluding carboxylic acids is 2. The van der Waals surface area contributed by atoms with Crippen LogP contribution in [0.15, 0.2) is 48.7 Å². The van der Waals surface area contributed by atoms with Crippen LogP contribution >= 0.6 is 11.3 Å². The van der Waals surface area contributed by atoms with Crippen molar-refractivity contribution in [3.8, 4) is 11.8 Å². The van der Waals surface area contributed by atoms with E-state index in [-0.39, 0.29) is 11.8 Å². The van der Waals surface area contributed by atoms with Crippen LogP contribution in [0, 0.1) is 17.2 Å². The molecule has 1 aliphatic rings. The Labute approximate surface area is 214 Å². The van der Waals surface area contributed by atoms with Crippen LogP contribution in [0.4, 0.5) is 9.80 Å². The minimum atomic E-state index is -0.473. The second kappa shape index (κ2) is 12.2. The van der Waals surface area contributed by atoms with E-state index in [0.717, 1.165) is 40.3 Å². The van der Waals surface area contributed by atoms with Gasteiger partial charge in [0, 0.05) is 17.5 Å². The molecule has 0 spiro atoms. The van der Waals surface area contributed by atoms with Gasteiger partial charge >= 0.3 is 6.09 Å². The summed E-state index contributed by atoms with van der Waals surface area (Å²) in [6.45, 7) is 0.612. The topological polar surface area (TPSA) is 113 Å². The number of aromatic nitrogens is 1. The van der Waals surface area contributed by atoms with E-state index in [4.69, 9.17) is 9.47 Å². The molecule has 0 radical (unpaired) electrons. The molecule has 0 saturated carbocycles. The van der Waals surface area contributed by atoms with Gasteiger partial charge in [-0.25, -0.2) is 4.79 Å². The van der Waals surface area contributed by atoms with Crippen LogP contribution in [-0.4, -0.2) is 30.7 Å². The highest BCUT2D eigenvalue weighted by Gasteiger charge is 2.27. The fourth-order valence-electron chi connectivity index (χ4n) is 4.19. The Hall–Kier alpha value is -3.90. The number of ether oxygens (including phenoxy) is 2. The number of pyridine rings is 1. The number of amides is 2. The fraction of sp³-hybridized carbons (Fsp3) is 0.333. The van der Waals surface area contributed by atoms with Crippen molar-refractivity contribution < 1.29 is 19.1 Å². The van der Waals surface area contributed by atoms with Gasteiger partial charge in [-0.3, -0.25) is 9.78 Å². The normalized spacial score (nSPS) is 14.3. The largest absolute Gasteiger partial charge is 0.497 e. The van der Waals surface area contributed by atoms with Crippen LogP contribution in [-0.2, 0) is 35.3 Å². The number of methoxy groups -OCH3 is 1. The van der Waals surface area contributed by atoms with E-state index in [0.29, 0.717) is 43.0 Å². The van der Waals surface area contributed by atoms with E-state index < -0.39 is 6.09 Å². The highest BCUT2D eigenvalue weighted by molar-refractivity contribution is 7.16. The Morgan fingerprint density at radius 1 is 1.25 bits per heavy atom. The van der Waals surface area contributed by atoms with E-state index in [1.807, 2.05) is 42.5 Å². The van der Waals surface area contributed by atoms with Gasteiger partial charge in [-0.15, -0.1) is 11.3 Å². The standard InChI is InChI=1S/C27H28N4O4S/c1-34-21-7-4-5-18(13-21)9-11-25(32)31-26-23(15-28)22-10-8-19(14-24(22)36-26)17-35-27(33)30-16-20-6-2-3-12-29-20/h2-7,12-13,19H,8-11,14,16-17H2,1H3,(H,30,33)(H,31,32). The summed E-state index contributed by atoms with van der Waals surface area (Å²) in [7, 11) is 1.61. The van der Waals surface area contributed by atoms with Crippen molar-refractivity contribution >= 4 is 28.3 Å². The molecule has 4 rings (SSSR count). The Morgan fingerprint density at radius 2 is 2.14 bits per heavy atom. The first-order valence-electron chi connectivity index (χ1n) is 11.8. The third-order valence-corrected chi connectivity index (χ3v) is 7.27. The van der Waals surface area contributed by atoms with Gasteiger partial charge in [-0.2, -0.15) is 5.26 Å². The van der Waals surface area contributed by atoms with E-state index in [9.17, 15) is 14.9 Å². The summed E-state index contributed by atoms with van der Waals surface area (Å²) in [6, 6.07) is 15.4. The average Bonchev–Trinajstić information content (AvgIpc) is 3.26. The molecule has 0 aliphatic heterocycles. The second-order valence-corrected chi connectivity index (χ2v) is 9.71. The Kier molecular flexibility index (Phi) is 8.53. The molecule has 8 nitrogen and oxygen atoms in total. The van der Waals surface area contributed by atoms with Gasteiger partial charge in [-0.05, 0) is 67.0 Å². The number of nitrogens with zero attached hydrogens (tertiary/aromatic N) is 2. The molecular formula is C27H28N4O4S. The molecule has 186 valence electrons. The van der Waals surface area contributed by atoms with Crippen LogP contribution in [0.2, 0.25) is 0 Å². The van der Waals surface area contributed by atoms with Crippen LogP contribution in [0.1, 0.15) is 40.1 Å². The van der Waals surface area contributed by atoms with Gasteiger partial charge in [0.2, 0.25) is 5.91 Å². The number of carbonyl (C=O) groups is 2. The van der Waals surface area contributed by atoms with Gasteiger partial charge in [0.05, 0.1) is 31.5 Å². The van der Waals surface area contributed by atoms with Gasteiger partial charge in [0.25, 0.3) is 0 Å². The van der Waals surface area contributed by atoms with E-state index in [1.165, 1.54) is 11.3 Å². The summed E-state index contributed by atoms with van der Waals surface area (Å²) in [6.07, 6.45) is 4.34. The smallest absolute Gasteiger partial charge is 0.407 e. The number of nitrogens with one attached hydrogen (secondary N) is 2. The Morgan fingerprint density at radius 3 is 2.92 bits per heavy atom. The maximum Gasteiger partial charge on any atom is 0.407 e. The molecule has 1 aromatic carbocycles. The summed E-state index contributed by atoms with van der Waals surface area (Å²) >= 11 is 1.45. The van der Waals surface area contributed by atoms with Crippen molar-refractivity contribution in [3.05, 3.63) is 75.9 Å². The second-order valence-electron chi connectivity index (χ2n) is 8.60. The SMILES string of the molecule is COc1cccc(CCC(=O)Nc2sc3c(c2C#N)CCC(COC(=O)NCc2ccccn2)C3)c1. The van der Waals surface area contributed by atoms with Gasteiger partial charge in [-0.1, -0.05) is 18.2 Å². The fourth-order valence-corrected chi connectivity index (χ4v) is 5.52. The zero-order valence-electron chi connectivity index (χ0n) is 20.1. The number of benzene rings is 1. The number of aryl methyl sites for hydroxylation is 1. The summed E-state index contributed by atoms with van der Waals surface area (Å²) in [4.78, 5) is 29.9. The lowest BCUT2D eigenvalue weighted by Gasteiger charge is -2.21. The van der Waals surface area contributed by atoms with Crippen LogP contribution in [0.25, 0.3) is 0 Å². The van der Waals surface area contributed by atoms with E-state index in [2.05, 4.69) is 21.7 Å². The summed E-state index contributed by atoms with van der Waals surface area (Å²) in [5.74, 6) is 0.798. The van der Waals surface area contributed by atoms with Crippen molar-refractivity contribution in [1.29, 1.82) is 5.26 Å². The van der Waals surface area contributed by atoms with Crippen molar-refractivity contribution in [2.75, 3.05) is 19.0 Å². The predicted molar refractivity (Wildman–Crippen MR) is 137 cm³/mol. The molecule has 2 N–H and O–H groups in total. The average molecular weight is 505 g/mol. The number of rotatable bonds is 9. The number of hydrogen-bond acceptors (Lipinski definition) is 7. The minimum Gasteiger partial charge on any atom is -0.497 e. The quantitative estimate of drug-likeness (QED) is 0.439. The highest BCUT2D eigenvalue weighted by atomic mass is 32.1. The number of alkyl carbamates (subject to hydrolysis) is 1. The van der Waals surface area contributed by atoms with Crippen molar-refractivity contribution in [3.63, 3.8) is 0 Å².